The largest absolute Gasteiger partial charge is 2.00 e. The van der Waals surface area contributed by atoms with Gasteiger partial charge in [-0.1, -0.05) is 56.1 Å². The van der Waals surface area contributed by atoms with Crippen LogP contribution < -0.4 is 0 Å². The van der Waals surface area contributed by atoms with Gasteiger partial charge in [0.1, 0.15) is 6.10 Å². The third kappa shape index (κ3) is 9.24. The van der Waals surface area contributed by atoms with Gasteiger partial charge in [-0.15, -0.1) is 0 Å². The Labute approximate surface area is 231 Å². The van der Waals surface area contributed by atoms with Crippen LogP contribution in [-0.2, 0) is 28.1 Å². The SMILES string of the molecule is O=[C-]C(OC(=O)N1CCN(C(c2ccc(Br)cc2)c2ccc(Br)cc2)CC1)C(F)(F)F.[CH-]1CC1.[V+2]. The minimum Gasteiger partial charge on any atom is -0.538 e. The van der Waals surface area contributed by atoms with Gasteiger partial charge in [0.2, 0.25) is 0 Å². The molecule has 1 heterocycles. The molecule has 1 saturated carbocycles. The Morgan fingerprint density at radius 1 is 0.914 bits per heavy atom. The molecule has 1 aliphatic heterocycles. The number of nitrogens with zero attached hydrogens (tertiary/aromatic N) is 2. The molecule has 1 aliphatic carbocycles. The number of hydrogen-bond acceptors (Lipinski definition) is 4. The predicted octanol–water partition coefficient (Wildman–Crippen LogP) is 6.08. The van der Waals surface area contributed by atoms with Crippen LogP contribution in [0.1, 0.15) is 30.0 Å². The van der Waals surface area contributed by atoms with Gasteiger partial charge in [0.25, 0.3) is 0 Å². The number of carbonyl (C=O) groups is 1. The van der Waals surface area contributed by atoms with Crippen molar-refractivity contribution in [3.8, 4) is 0 Å². The molecule has 1 saturated heterocycles. The fourth-order valence-corrected chi connectivity index (χ4v) is 3.93. The van der Waals surface area contributed by atoms with E-state index in [2.05, 4.69) is 47.9 Å². The third-order valence-electron chi connectivity index (χ3n) is 5.22. The molecule has 2 fully saturated rings. The van der Waals surface area contributed by atoms with E-state index < -0.39 is 18.4 Å². The Kier molecular flexibility index (Phi) is 11.8. The van der Waals surface area contributed by atoms with Crippen LogP contribution in [0.5, 0.6) is 0 Å². The number of amides is 1. The van der Waals surface area contributed by atoms with Crippen molar-refractivity contribution in [2.24, 2.45) is 0 Å². The summed E-state index contributed by atoms with van der Waals surface area (Å²) in [4.78, 5) is 25.9. The van der Waals surface area contributed by atoms with Crippen LogP contribution in [0.4, 0.5) is 18.0 Å². The first-order chi connectivity index (χ1) is 16.2. The molecule has 11 heteroatoms. The summed E-state index contributed by atoms with van der Waals surface area (Å²) in [6, 6.07) is 15.7. The molecule has 0 aromatic heterocycles. The Bertz CT molecular complexity index is 904. The molecule has 1 amide bonds. The summed E-state index contributed by atoms with van der Waals surface area (Å²) in [5.74, 6) is 0. The maximum atomic E-state index is 12.7. The molecule has 1 atom stereocenters. The number of alkyl halides is 3. The molecule has 0 N–H and O–H groups in total. The van der Waals surface area contributed by atoms with Crippen molar-refractivity contribution in [2.45, 2.75) is 31.2 Å². The zero-order valence-electron chi connectivity index (χ0n) is 18.5. The Morgan fingerprint density at radius 3 is 1.69 bits per heavy atom. The normalized spacial score (nSPS) is 16.5. The van der Waals surface area contributed by atoms with Crippen molar-refractivity contribution in [3.05, 3.63) is 75.0 Å². The minimum atomic E-state index is -4.98. The Morgan fingerprint density at radius 2 is 1.34 bits per heavy atom. The maximum Gasteiger partial charge on any atom is 2.00 e. The molecular weight excluding hydrogens is 632 g/mol. The average Bonchev–Trinajstić information content (AvgIpc) is 3.69. The van der Waals surface area contributed by atoms with Gasteiger partial charge in [0.15, 0.2) is 0 Å². The van der Waals surface area contributed by atoms with Gasteiger partial charge in [-0.25, -0.2) is 23.9 Å². The summed E-state index contributed by atoms with van der Waals surface area (Å²) in [5.41, 5.74) is 2.10. The molecule has 4 rings (SSSR count). The topological polar surface area (TPSA) is 49.9 Å². The smallest absolute Gasteiger partial charge is 0.538 e. The van der Waals surface area contributed by atoms with Crippen molar-refractivity contribution in [3.63, 3.8) is 0 Å². The molecule has 0 bridgehead atoms. The number of carbonyl (C=O) groups excluding carboxylic acids is 2. The summed E-state index contributed by atoms with van der Waals surface area (Å²) < 4.78 is 44.2. The summed E-state index contributed by atoms with van der Waals surface area (Å²) in [6.07, 6.45) is -3.30. The first-order valence-corrected chi connectivity index (χ1v) is 12.2. The summed E-state index contributed by atoms with van der Waals surface area (Å²) in [7, 11) is 0. The third-order valence-corrected chi connectivity index (χ3v) is 6.28. The van der Waals surface area contributed by atoms with Crippen molar-refractivity contribution >= 4 is 44.2 Å². The van der Waals surface area contributed by atoms with E-state index in [4.69, 9.17) is 0 Å². The first-order valence-electron chi connectivity index (χ1n) is 10.7. The van der Waals surface area contributed by atoms with Gasteiger partial charge in [-0.2, -0.15) is 13.2 Å². The second kappa shape index (κ2) is 13.8. The standard InChI is InChI=1S/C21H18Br2F3N2O3.C3H5.V/c22-16-5-1-14(2-6-16)19(15-3-7-17(23)8-4-15)27-9-11-28(12-10-27)20(30)31-18(13-29)21(24,25)26;1-2-3-1;/h1-8,18-19H,9-12H2;1H,2-3H2;/q2*-1;+2. The van der Waals surface area contributed by atoms with E-state index >= 15 is 0 Å². The molecule has 1 unspecified atom stereocenters. The van der Waals surface area contributed by atoms with E-state index in [1.807, 2.05) is 48.5 Å². The molecular formula is C24H23Br2F3N2O3V. The summed E-state index contributed by atoms with van der Waals surface area (Å²) in [5, 5.41) is 0. The van der Waals surface area contributed by atoms with Crippen LogP contribution in [0.3, 0.4) is 0 Å². The Balaban J connectivity index is 0.00000100. The summed E-state index contributed by atoms with van der Waals surface area (Å²) in [6.45, 7) is 1.19. The van der Waals surface area contributed by atoms with E-state index in [1.54, 1.807) is 0 Å². The number of ether oxygens (including phenoxy) is 1. The van der Waals surface area contributed by atoms with Crippen LogP contribution in [0.15, 0.2) is 57.5 Å². The Hall–Kier alpha value is -1.33. The van der Waals surface area contributed by atoms with Gasteiger partial charge >= 0.3 is 30.8 Å². The molecule has 0 spiro atoms. The second-order valence-corrected chi connectivity index (χ2v) is 9.65. The number of benzene rings is 2. The molecule has 187 valence electrons. The fraction of sp³-hybridized carbons (Fsp3) is 0.375. The van der Waals surface area contributed by atoms with E-state index in [1.165, 1.54) is 17.7 Å². The molecule has 5 nitrogen and oxygen atoms in total. The maximum absolute atomic E-state index is 12.7. The van der Waals surface area contributed by atoms with Crippen molar-refractivity contribution < 1.29 is 46.1 Å². The quantitative estimate of drug-likeness (QED) is 0.367. The van der Waals surface area contributed by atoms with Gasteiger partial charge < -0.3 is 20.9 Å². The van der Waals surface area contributed by atoms with Gasteiger partial charge in [0, 0.05) is 35.1 Å². The average molecular weight is 655 g/mol. The molecule has 2 aliphatic rings. The summed E-state index contributed by atoms with van der Waals surface area (Å²) >= 11 is 6.87. The number of rotatable bonds is 5. The van der Waals surface area contributed by atoms with Gasteiger partial charge in [-0.05, 0) is 35.4 Å². The second-order valence-electron chi connectivity index (χ2n) is 7.82. The van der Waals surface area contributed by atoms with E-state index in [-0.39, 0.29) is 37.7 Å². The molecule has 1 radical (unpaired) electrons. The number of halogens is 5. The zero-order valence-corrected chi connectivity index (χ0v) is 23.1. The van der Waals surface area contributed by atoms with Crippen LogP contribution in [-0.4, -0.2) is 60.6 Å². The number of hydrogen-bond donors (Lipinski definition) is 0. The van der Waals surface area contributed by atoms with Crippen LogP contribution in [0.25, 0.3) is 0 Å². The monoisotopic (exact) mass is 653 g/mol. The van der Waals surface area contributed by atoms with Crippen molar-refractivity contribution in [1.82, 2.24) is 9.80 Å². The van der Waals surface area contributed by atoms with Crippen LogP contribution in [0.2, 0.25) is 0 Å². The van der Waals surface area contributed by atoms with Crippen molar-refractivity contribution in [2.75, 3.05) is 26.2 Å². The van der Waals surface area contributed by atoms with E-state index in [0.717, 1.165) is 26.4 Å². The first kappa shape index (κ1) is 29.9. The van der Waals surface area contributed by atoms with E-state index in [0.29, 0.717) is 13.1 Å². The van der Waals surface area contributed by atoms with Crippen LogP contribution in [0, 0.1) is 6.42 Å². The zero-order chi connectivity index (χ0) is 24.7. The predicted molar refractivity (Wildman–Crippen MR) is 129 cm³/mol. The van der Waals surface area contributed by atoms with Gasteiger partial charge in [-0.3, -0.25) is 4.90 Å². The molecule has 2 aromatic rings. The van der Waals surface area contributed by atoms with Gasteiger partial charge in [0.05, 0.1) is 6.04 Å². The van der Waals surface area contributed by atoms with Crippen LogP contribution >= 0.6 is 31.9 Å². The van der Waals surface area contributed by atoms with E-state index in [9.17, 15) is 22.8 Å². The van der Waals surface area contributed by atoms with Crippen molar-refractivity contribution in [1.29, 1.82) is 0 Å². The minimum absolute atomic E-state index is 0. The molecule has 2 aromatic carbocycles. The number of piperazine rings is 1. The fourth-order valence-electron chi connectivity index (χ4n) is 3.40. The molecule has 35 heavy (non-hydrogen) atoms.